The number of imidazole rings is 1. The average Bonchev–Trinajstić information content (AvgIpc) is 3.45. The number of anilines is 1. The fraction of sp³-hybridized carbons (Fsp3) is 0.200. The van der Waals surface area contributed by atoms with Gasteiger partial charge in [0.25, 0.3) is 5.91 Å². The second-order valence-electron chi connectivity index (χ2n) is 7.68. The molecule has 1 unspecified atom stereocenters. The van der Waals surface area contributed by atoms with Gasteiger partial charge in [-0.2, -0.15) is 0 Å². The van der Waals surface area contributed by atoms with Gasteiger partial charge < -0.3 is 14.5 Å². The summed E-state index contributed by atoms with van der Waals surface area (Å²) < 4.78 is 10.5. The summed E-state index contributed by atoms with van der Waals surface area (Å²) in [7, 11) is 1.61. The molecule has 4 aromatic rings. The number of methoxy groups -OCH3 is 1. The van der Waals surface area contributed by atoms with E-state index < -0.39 is 18.0 Å². The van der Waals surface area contributed by atoms with Crippen LogP contribution in [0.25, 0.3) is 22.6 Å². The summed E-state index contributed by atoms with van der Waals surface area (Å²) >= 11 is 1.29. The highest BCUT2D eigenvalue weighted by Gasteiger charge is 2.20. The molecule has 0 spiro atoms. The maximum Gasteiger partial charge on any atom is 0.338 e. The maximum atomic E-state index is 12.5. The van der Waals surface area contributed by atoms with Gasteiger partial charge in [-0.15, -0.1) is 11.3 Å². The summed E-state index contributed by atoms with van der Waals surface area (Å²) in [5.41, 5.74) is 4.76. The Balaban J connectivity index is 1.35. The fourth-order valence-corrected chi connectivity index (χ4v) is 3.89. The number of benzene rings is 2. The van der Waals surface area contributed by atoms with E-state index in [0.717, 1.165) is 39.8 Å². The Hall–Kier alpha value is -3.98. The van der Waals surface area contributed by atoms with E-state index in [1.54, 1.807) is 31.4 Å². The van der Waals surface area contributed by atoms with Crippen molar-refractivity contribution in [2.45, 2.75) is 26.9 Å². The molecule has 2 aromatic carbocycles. The third-order valence-corrected chi connectivity index (χ3v) is 6.05. The second-order valence-corrected chi connectivity index (χ2v) is 8.53. The largest absolute Gasteiger partial charge is 0.497 e. The Kier molecular flexibility index (Phi) is 6.74. The van der Waals surface area contributed by atoms with Crippen molar-refractivity contribution in [1.82, 2.24) is 15.0 Å². The lowest BCUT2D eigenvalue weighted by Crippen LogP contribution is -2.29. The number of aromatic nitrogens is 3. The van der Waals surface area contributed by atoms with E-state index in [-0.39, 0.29) is 0 Å². The molecule has 0 aliphatic carbocycles. The van der Waals surface area contributed by atoms with Crippen molar-refractivity contribution in [2.24, 2.45) is 0 Å². The Labute approximate surface area is 201 Å². The molecule has 0 saturated heterocycles. The zero-order chi connectivity index (χ0) is 24.2. The number of rotatable bonds is 7. The lowest BCUT2D eigenvalue weighted by atomic mass is 10.1. The van der Waals surface area contributed by atoms with Gasteiger partial charge in [0.1, 0.15) is 11.6 Å². The molecule has 174 valence electrons. The van der Waals surface area contributed by atoms with E-state index in [0.29, 0.717) is 10.7 Å². The van der Waals surface area contributed by atoms with Crippen LogP contribution in [-0.2, 0) is 9.53 Å². The standard InChI is InChI=1S/C25H24N4O4S/c1-14-15(2)27-22(26-14)18-5-7-19(8-6-18)24(31)33-16(3)23(30)29-25-28-21(13-34-25)17-9-11-20(32-4)12-10-17/h5-13,16H,1-4H3,(H,26,27)(H,28,29,30). The number of carbonyl (C=O) groups is 2. The number of nitrogens with one attached hydrogen (secondary N) is 2. The third-order valence-electron chi connectivity index (χ3n) is 5.30. The van der Waals surface area contributed by atoms with Crippen LogP contribution in [0.5, 0.6) is 5.75 Å². The third kappa shape index (κ3) is 5.15. The predicted molar refractivity (Wildman–Crippen MR) is 131 cm³/mol. The van der Waals surface area contributed by atoms with Crippen molar-refractivity contribution < 1.29 is 19.1 Å². The number of hydrogen-bond donors (Lipinski definition) is 2. The number of carbonyl (C=O) groups excluding carboxylic acids is 2. The number of aryl methyl sites for hydroxylation is 2. The van der Waals surface area contributed by atoms with Crippen LogP contribution in [0.4, 0.5) is 5.13 Å². The molecule has 34 heavy (non-hydrogen) atoms. The number of ether oxygens (including phenoxy) is 2. The summed E-state index contributed by atoms with van der Waals surface area (Å²) in [4.78, 5) is 37.1. The van der Waals surface area contributed by atoms with Gasteiger partial charge in [-0.25, -0.2) is 14.8 Å². The monoisotopic (exact) mass is 476 g/mol. The lowest BCUT2D eigenvalue weighted by molar-refractivity contribution is -0.123. The molecule has 4 rings (SSSR count). The van der Waals surface area contributed by atoms with E-state index in [1.165, 1.54) is 18.3 Å². The van der Waals surface area contributed by atoms with E-state index in [1.807, 2.05) is 43.5 Å². The second kappa shape index (κ2) is 9.88. The molecule has 2 heterocycles. The molecular weight excluding hydrogens is 452 g/mol. The van der Waals surface area contributed by atoms with E-state index >= 15 is 0 Å². The molecule has 2 aromatic heterocycles. The molecule has 2 N–H and O–H groups in total. The van der Waals surface area contributed by atoms with Crippen LogP contribution in [-0.4, -0.2) is 40.0 Å². The zero-order valence-electron chi connectivity index (χ0n) is 19.2. The summed E-state index contributed by atoms with van der Waals surface area (Å²) in [6, 6.07) is 14.3. The van der Waals surface area contributed by atoms with Gasteiger partial charge in [0, 0.05) is 22.2 Å². The fourth-order valence-electron chi connectivity index (χ4n) is 3.16. The number of thiazole rings is 1. The van der Waals surface area contributed by atoms with Crippen LogP contribution in [0, 0.1) is 13.8 Å². The average molecular weight is 477 g/mol. The quantitative estimate of drug-likeness (QED) is 0.363. The number of nitrogens with zero attached hydrogens (tertiary/aromatic N) is 2. The first-order chi connectivity index (χ1) is 16.3. The van der Waals surface area contributed by atoms with E-state index in [9.17, 15) is 9.59 Å². The van der Waals surface area contributed by atoms with Crippen LogP contribution in [0.2, 0.25) is 0 Å². The highest BCUT2D eigenvalue weighted by atomic mass is 32.1. The summed E-state index contributed by atoms with van der Waals surface area (Å²) in [5, 5.41) is 4.97. The highest BCUT2D eigenvalue weighted by Crippen LogP contribution is 2.26. The first kappa shape index (κ1) is 23.2. The Morgan fingerprint density at radius 2 is 1.68 bits per heavy atom. The smallest absolute Gasteiger partial charge is 0.338 e. The first-order valence-electron chi connectivity index (χ1n) is 10.6. The molecule has 0 aliphatic heterocycles. The van der Waals surface area contributed by atoms with Gasteiger partial charge in [0.05, 0.1) is 24.1 Å². The molecule has 1 atom stereocenters. The van der Waals surface area contributed by atoms with Crippen molar-refractivity contribution >= 4 is 28.3 Å². The van der Waals surface area contributed by atoms with E-state index in [4.69, 9.17) is 9.47 Å². The Morgan fingerprint density at radius 1 is 1.00 bits per heavy atom. The van der Waals surface area contributed by atoms with Crippen LogP contribution in [0.15, 0.2) is 53.9 Å². The predicted octanol–water partition coefficient (Wildman–Crippen LogP) is 5.01. The van der Waals surface area contributed by atoms with Crippen molar-refractivity contribution in [3.05, 3.63) is 70.9 Å². The number of amides is 1. The minimum atomic E-state index is -0.990. The Morgan fingerprint density at radius 3 is 2.29 bits per heavy atom. The lowest BCUT2D eigenvalue weighted by Gasteiger charge is -2.12. The van der Waals surface area contributed by atoms with Crippen molar-refractivity contribution in [3.8, 4) is 28.4 Å². The summed E-state index contributed by atoms with van der Waals surface area (Å²) in [5.74, 6) is 0.449. The van der Waals surface area contributed by atoms with Gasteiger partial charge in [0.15, 0.2) is 11.2 Å². The van der Waals surface area contributed by atoms with Gasteiger partial charge in [0.2, 0.25) is 0 Å². The number of hydrogen-bond acceptors (Lipinski definition) is 7. The molecule has 0 radical (unpaired) electrons. The van der Waals surface area contributed by atoms with Gasteiger partial charge in [-0.05, 0) is 57.2 Å². The topological polar surface area (TPSA) is 106 Å². The minimum Gasteiger partial charge on any atom is -0.497 e. The van der Waals surface area contributed by atoms with Crippen LogP contribution in [0.1, 0.15) is 28.7 Å². The summed E-state index contributed by atoms with van der Waals surface area (Å²) in [6.45, 7) is 5.41. The van der Waals surface area contributed by atoms with Gasteiger partial charge in [-0.3, -0.25) is 10.1 Å². The molecule has 9 heteroatoms. The van der Waals surface area contributed by atoms with Crippen molar-refractivity contribution in [2.75, 3.05) is 12.4 Å². The molecular formula is C25H24N4O4S. The molecule has 1 amide bonds. The molecule has 8 nitrogen and oxygen atoms in total. The van der Waals surface area contributed by atoms with Crippen molar-refractivity contribution in [3.63, 3.8) is 0 Å². The SMILES string of the molecule is COc1ccc(-c2csc(NC(=O)C(C)OC(=O)c3ccc(-c4nc(C)c(C)[nH]4)cc3)n2)cc1. The highest BCUT2D eigenvalue weighted by molar-refractivity contribution is 7.14. The zero-order valence-corrected chi connectivity index (χ0v) is 20.0. The number of H-pyrrole nitrogens is 1. The van der Waals surface area contributed by atoms with Gasteiger partial charge >= 0.3 is 5.97 Å². The molecule has 0 aliphatic rings. The molecule has 0 bridgehead atoms. The van der Waals surface area contributed by atoms with Crippen LogP contribution in [0.3, 0.4) is 0 Å². The Bertz CT molecular complexity index is 1290. The maximum absolute atomic E-state index is 12.5. The number of esters is 1. The van der Waals surface area contributed by atoms with Crippen LogP contribution < -0.4 is 10.1 Å². The van der Waals surface area contributed by atoms with E-state index in [2.05, 4.69) is 20.3 Å². The molecule has 0 fully saturated rings. The molecule has 0 saturated carbocycles. The minimum absolute atomic E-state index is 0.347. The number of aromatic amines is 1. The normalized spacial score (nSPS) is 11.6. The van der Waals surface area contributed by atoms with Gasteiger partial charge in [-0.1, -0.05) is 12.1 Å². The first-order valence-corrected chi connectivity index (χ1v) is 11.5. The van der Waals surface area contributed by atoms with Crippen molar-refractivity contribution in [1.29, 1.82) is 0 Å². The van der Waals surface area contributed by atoms with Crippen LogP contribution >= 0.6 is 11.3 Å². The summed E-state index contributed by atoms with van der Waals surface area (Å²) in [6.07, 6.45) is -0.990.